The molecule has 8 heteroatoms. The first kappa shape index (κ1) is 18.8. The van der Waals surface area contributed by atoms with Crippen molar-refractivity contribution in [1.29, 1.82) is 0 Å². The molecule has 4 aliphatic rings. The summed E-state index contributed by atoms with van der Waals surface area (Å²) in [5.41, 5.74) is 10.2. The molecule has 1 saturated carbocycles. The highest BCUT2D eigenvalue weighted by Gasteiger charge is 2.52. The fourth-order valence-electron chi connectivity index (χ4n) is 3.42. The summed E-state index contributed by atoms with van der Waals surface area (Å²) in [4.78, 5) is 25.6. The van der Waals surface area contributed by atoms with Gasteiger partial charge in [-0.05, 0) is 38.5 Å². The SMILES string of the molecule is C1CN2CCN1CC21CC1.NC(=O)OCCCCCCOC(N)=O. The smallest absolute Gasteiger partial charge is 0.404 e. The van der Waals surface area contributed by atoms with Crippen LogP contribution >= 0.6 is 0 Å². The maximum Gasteiger partial charge on any atom is 0.404 e. The van der Waals surface area contributed by atoms with Crippen LogP contribution in [0.4, 0.5) is 9.59 Å². The number of ether oxygens (including phenoxy) is 2. The van der Waals surface area contributed by atoms with Crippen LogP contribution in [-0.4, -0.2) is 73.5 Å². The molecule has 138 valence electrons. The highest BCUT2D eigenvalue weighted by molar-refractivity contribution is 5.64. The average molecular weight is 342 g/mol. The number of piperazine rings is 3. The number of fused-ring (bicyclic) bond motifs is 2. The van der Waals surface area contributed by atoms with Gasteiger partial charge in [-0.25, -0.2) is 9.59 Å². The average Bonchev–Trinajstić information content (AvgIpc) is 3.30. The Balaban J connectivity index is 0.000000180. The van der Waals surface area contributed by atoms with Gasteiger partial charge in [0, 0.05) is 38.3 Å². The summed E-state index contributed by atoms with van der Waals surface area (Å²) in [5, 5.41) is 0. The van der Waals surface area contributed by atoms with Crippen LogP contribution in [0.5, 0.6) is 0 Å². The van der Waals surface area contributed by atoms with Gasteiger partial charge in [0.1, 0.15) is 0 Å². The normalized spacial score (nSPS) is 25.5. The number of nitrogens with zero attached hydrogens (tertiary/aromatic N) is 2. The van der Waals surface area contributed by atoms with Crippen molar-refractivity contribution >= 4 is 12.2 Å². The van der Waals surface area contributed by atoms with Gasteiger partial charge in [0.15, 0.2) is 0 Å². The molecule has 3 aliphatic heterocycles. The lowest BCUT2D eigenvalue weighted by atomic mass is 10.1. The summed E-state index contributed by atoms with van der Waals surface area (Å²) in [5.74, 6) is 0. The third-order valence-electron chi connectivity index (χ3n) is 4.92. The second-order valence-corrected chi connectivity index (χ2v) is 6.74. The molecule has 4 N–H and O–H groups in total. The van der Waals surface area contributed by atoms with E-state index in [1.54, 1.807) is 0 Å². The molecular formula is C16H30N4O4. The molecule has 3 heterocycles. The standard InChI is InChI=1S/C8H16N2O4.C8H14N2/c9-7(11)13-5-3-1-2-4-6-14-8(10)12;1-2-8(1)7-9-3-5-10(8)6-4-9/h1-6H2,(H2,9,11)(H2,10,12);1-7H2. The Labute approximate surface area is 143 Å². The number of amides is 2. The molecule has 3 saturated heterocycles. The third-order valence-corrected chi connectivity index (χ3v) is 4.92. The van der Waals surface area contributed by atoms with Crippen LogP contribution in [-0.2, 0) is 9.47 Å². The Morgan fingerprint density at radius 2 is 1.33 bits per heavy atom. The molecule has 0 atom stereocenters. The quantitative estimate of drug-likeness (QED) is 0.665. The Bertz CT molecular complexity index is 400. The number of rotatable bonds is 7. The van der Waals surface area contributed by atoms with Crippen molar-refractivity contribution < 1.29 is 19.1 Å². The van der Waals surface area contributed by atoms with Crippen molar-refractivity contribution in [2.45, 2.75) is 44.1 Å². The predicted octanol–water partition coefficient (Wildman–Crippen LogP) is 0.888. The number of hydrogen-bond donors (Lipinski definition) is 2. The molecule has 0 radical (unpaired) electrons. The summed E-state index contributed by atoms with van der Waals surface area (Å²) in [6.45, 7) is 7.43. The summed E-state index contributed by atoms with van der Waals surface area (Å²) in [6, 6.07) is 0. The van der Waals surface area contributed by atoms with Gasteiger partial charge in [-0.1, -0.05) is 0 Å². The number of carbonyl (C=O) groups excluding carboxylic acids is 2. The predicted molar refractivity (Wildman–Crippen MR) is 89.5 cm³/mol. The van der Waals surface area contributed by atoms with Gasteiger partial charge in [-0.3, -0.25) is 9.80 Å². The van der Waals surface area contributed by atoms with Gasteiger partial charge in [-0.2, -0.15) is 0 Å². The van der Waals surface area contributed by atoms with E-state index in [-0.39, 0.29) is 0 Å². The highest BCUT2D eigenvalue weighted by Crippen LogP contribution is 2.45. The van der Waals surface area contributed by atoms with Crippen LogP contribution in [0.2, 0.25) is 0 Å². The molecule has 1 aliphatic carbocycles. The molecule has 2 bridgehead atoms. The summed E-state index contributed by atoms with van der Waals surface area (Å²) < 4.78 is 9.04. The summed E-state index contributed by atoms with van der Waals surface area (Å²) in [7, 11) is 0. The van der Waals surface area contributed by atoms with E-state index in [2.05, 4.69) is 19.3 Å². The van der Waals surface area contributed by atoms with E-state index in [0.29, 0.717) is 18.8 Å². The summed E-state index contributed by atoms with van der Waals surface area (Å²) >= 11 is 0. The van der Waals surface area contributed by atoms with Crippen LogP contribution in [0.3, 0.4) is 0 Å². The zero-order valence-corrected chi connectivity index (χ0v) is 14.4. The van der Waals surface area contributed by atoms with Crippen LogP contribution in [0.1, 0.15) is 38.5 Å². The lowest BCUT2D eigenvalue weighted by Gasteiger charge is -2.48. The minimum atomic E-state index is -0.748. The van der Waals surface area contributed by atoms with Crippen LogP contribution in [0, 0.1) is 0 Å². The van der Waals surface area contributed by atoms with Gasteiger partial charge in [-0.15, -0.1) is 0 Å². The fraction of sp³-hybridized carbons (Fsp3) is 0.875. The van der Waals surface area contributed by atoms with Gasteiger partial charge in [0.25, 0.3) is 0 Å². The maximum atomic E-state index is 10.1. The second-order valence-electron chi connectivity index (χ2n) is 6.74. The topological polar surface area (TPSA) is 111 Å². The van der Waals surface area contributed by atoms with E-state index in [4.69, 9.17) is 11.5 Å². The molecule has 24 heavy (non-hydrogen) atoms. The Hall–Kier alpha value is -1.54. The first-order valence-corrected chi connectivity index (χ1v) is 8.84. The zero-order valence-electron chi connectivity index (χ0n) is 14.4. The van der Waals surface area contributed by atoms with Crippen molar-refractivity contribution in [2.24, 2.45) is 11.5 Å². The summed E-state index contributed by atoms with van der Waals surface area (Å²) in [6.07, 6.45) is 4.78. The maximum absolute atomic E-state index is 10.1. The molecule has 0 aromatic carbocycles. The number of unbranched alkanes of at least 4 members (excludes halogenated alkanes) is 3. The van der Waals surface area contributed by atoms with E-state index in [0.717, 1.165) is 25.7 Å². The van der Waals surface area contributed by atoms with E-state index >= 15 is 0 Å². The monoisotopic (exact) mass is 342 g/mol. The Morgan fingerprint density at radius 3 is 1.62 bits per heavy atom. The molecule has 4 rings (SSSR count). The molecule has 8 nitrogen and oxygen atoms in total. The lowest BCUT2D eigenvalue weighted by Crippen LogP contribution is -2.62. The number of primary amides is 2. The van der Waals surface area contributed by atoms with E-state index in [1.165, 1.54) is 45.6 Å². The van der Waals surface area contributed by atoms with E-state index < -0.39 is 12.2 Å². The Kier molecular flexibility index (Phi) is 7.11. The molecule has 0 unspecified atom stereocenters. The van der Waals surface area contributed by atoms with Crippen molar-refractivity contribution in [3.05, 3.63) is 0 Å². The zero-order chi connectivity index (χ0) is 17.4. The van der Waals surface area contributed by atoms with Gasteiger partial charge < -0.3 is 20.9 Å². The van der Waals surface area contributed by atoms with Gasteiger partial charge in [0.2, 0.25) is 0 Å². The number of nitrogens with two attached hydrogens (primary N) is 2. The van der Waals surface area contributed by atoms with E-state index in [1.807, 2.05) is 0 Å². The molecule has 0 aromatic heterocycles. The van der Waals surface area contributed by atoms with Crippen molar-refractivity contribution in [3.8, 4) is 0 Å². The van der Waals surface area contributed by atoms with Crippen LogP contribution in [0.15, 0.2) is 0 Å². The van der Waals surface area contributed by atoms with Gasteiger partial charge in [0.05, 0.1) is 13.2 Å². The first-order chi connectivity index (χ1) is 11.5. The van der Waals surface area contributed by atoms with Crippen LogP contribution in [0.25, 0.3) is 0 Å². The van der Waals surface area contributed by atoms with Crippen molar-refractivity contribution in [1.82, 2.24) is 9.80 Å². The van der Waals surface area contributed by atoms with Crippen LogP contribution < -0.4 is 11.5 Å². The minimum Gasteiger partial charge on any atom is -0.450 e. The van der Waals surface area contributed by atoms with Crippen molar-refractivity contribution in [3.63, 3.8) is 0 Å². The molecule has 4 fully saturated rings. The largest absolute Gasteiger partial charge is 0.450 e. The highest BCUT2D eigenvalue weighted by atomic mass is 16.5. The third kappa shape index (κ3) is 6.16. The Morgan fingerprint density at radius 1 is 0.833 bits per heavy atom. The van der Waals surface area contributed by atoms with Gasteiger partial charge >= 0.3 is 12.2 Å². The molecular weight excluding hydrogens is 312 g/mol. The van der Waals surface area contributed by atoms with Crippen molar-refractivity contribution in [2.75, 3.05) is 45.9 Å². The lowest BCUT2D eigenvalue weighted by molar-refractivity contribution is -0.000558. The first-order valence-electron chi connectivity index (χ1n) is 8.84. The molecule has 2 amide bonds. The fourth-order valence-corrected chi connectivity index (χ4v) is 3.42. The molecule has 1 spiro atoms. The minimum absolute atomic E-state index is 0.339. The van der Waals surface area contributed by atoms with E-state index in [9.17, 15) is 9.59 Å². The number of carbonyl (C=O) groups is 2. The molecule has 0 aromatic rings. The number of hydrogen-bond acceptors (Lipinski definition) is 6. The second kappa shape index (κ2) is 9.08.